The van der Waals surface area contributed by atoms with Gasteiger partial charge in [-0.1, -0.05) is 6.92 Å². The van der Waals surface area contributed by atoms with Crippen LogP contribution in [-0.4, -0.2) is 30.5 Å². The average molecular weight is 265 g/mol. The van der Waals surface area contributed by atoms with Crippen molar-refractivity contribution in [1.29, 1.82) is 0 Å². The second-order valence-corrected chi connectivity index (χ2v) is 4.28. The summed E-state index contributed by atoms with van der Waals surface area (Å²) in [6, 6.07) is 4.39. The first-order chi connectivity index (χ1) is 9.04. The first-order valence-electron chi connectivity index (χ1n) is 6.29. The van der Waals surface area contributed by atoms with Crippen molar-refractivity contribution in [2.45, 2.75) is 20.3 Å². The number of non-ortho nitro benzene ring substituents is 1. The Bertz CT molecular complexity index is 460. The van der Waals surface area contributed by atoms with Crippen LogP contribution < -0.4 is 10.6 Å². The third kappa shape index (κ3) is 5.05. The molecule has 0 aromatic heterocycles. The molecule has 0 heterocycles. The monoisotopic (exact) mass is 265 g/mol. The molecule has 0 bridgehead atoms. The summed E-state index contributed by atoms with van der Waals surface area (Å²) in [4.78, 5) is 22.1. The number of benzene rings is 1. The molecule has 0 spiro atoms. The van der Waals surface area contributed by atoms with Crippen molar-refractivity contribution in [1.82, 2.24) is 10.6 Å². The lowest BCUT2D eigenvalue weighted by Gasteiger charge is -2.06. The Hall–Kier alpha value is -1.95. The van der Waals surface area contributed by atoms with E-state index in [1.807, 2.05) is 6.92 Å². The molecule has 1 rings (SSSR count). The van der Waals surface area contributed by atoms with E-state index in [1.165, 1.54) is 12.1 Å². The fourth-order valence-corrected chi connectivity index (χ4v) is 1.69. The Morgan fingerprint density at radius 1 is 1.32 bits per heavy atom. The predicted molar refractivity (Wildman–Crippen MR) is 73.3 cm³/mol. The molecule has 104 valence electrons. The van der Waals surface area contributed by atoms with E-state index in [2.05, 4.69) is 10.6 Å². The molecule has 6 nitrogen and oxygen atoms in total. The molecule has 19 heavy (non-hydrogen) atoms. The third-order valence-electron chi connectivity index (χ3n) is 2.60. The van der Waals surface area contributed by atoms with Crippen LogP contribution in [0.2, 0.25) is 0 Å². The molecule has 0 aliphatic rings. The predicted octanol–water partition coefficient (Wildman–Crippen LogP) is 1.63. The molecule has 0 saturated heterocycles. The van der Waals surface area contributed by atoms with Crippen molar-refractivity contribution < 1.29 is 9.72 Å². The standard InChI is InChI=1S/C13H19N3O3/c1-3-14-5-4-6-15-13(17)11-7-10(2)8-12(9-11)16(18)19/h7-9,14H,3-6H2,1-2H3,(H,15,17). The van der Waals surface area contributed by atoms with Crippen molar-refractivity contribution in [3.05, 3.63) is 39.4 Å². The summed E-state index contributed by atoms with van der Waals surface area (Å²) in [6.45, 7) is 6.04. The topological polar surface area (TPSA) is 84.3 Å². The van der Waals surface area contributed by atoms with E-state index < -0.39 is 4.92 Å². The van der Waals surface area contributed by atoms with Gasteiger partial charge in [-0.3, -0.25) is 14.9 Å². The first kappa shape index (κ1) is 15.1. The molecule has 0 radical (unpaired) electrons. The molecule has 1 aromatic carbocycles. The Morgan fingerprint density at radius 2 is 2.05 bits per heavy atom. The van der Waals surface area contributed by atoms with Crippen LogP contribution in [0.1, 0.15) is 29.3 Å². The van der Waals surface area contributed by atoms with Crippen LogP contribution in [0.3, 0.4) is 0 Å². The molecule has 0 fully saturated rings. The number of nitro groups is 1. The molecule has 1 amide bonds. The lowest BCUT2D eigenvalue weighted by Crippen LogP contribution is -2.27. The maximum Gasteiger partial charge on any atom is 0.270 e. The number of aryl methyl sites for hydroxylation is 1. The van der Waals surface area contributed by atoms with Gasteiger partial charge in [-0.25, -0.2) is 0 Å². The zero-order valence-electron chi connectivity index (χ0n) is 11.2. The largest absolute Gasteiger partial charge is 0.352 e. The number of nitrogens with zero attached hydrogens (tertiary/aromatic N) is 1. The molecule has 0 unspecified atom stereocenters. The lowest BCUT2D eigenvalue weighted by molar-refractivity contribution is -0.384. The van der Waals surface area contributed by atoms with E-state index >= 15 is 0 Å². The number of carbonyl (C=O) groups is 1. The minimum Gasteiger partial charge on any atom is -0.352 e. The number of carbonyl (C=O) groups excluding carboxylic acids is 1. The maximum absolute atomic E-state index is 11.9. The van der Waals surface area contributed by atoms with Gasteiger partial charge in [0.25, 0.3) is 11.6 Å². The SMILES string of the molecule is CCNCCCNC(=O)c1cc(C)cc([N+](=O)[O-])c1. The summed E-state index contributed by atoms with van der Waals surface area (Å²) in [5, 5.41) is 16.6. The summed E-state index contributed by atoms with van der Waals surface area (Å²) in [6.07, 6.45) is 0.827. The quantitative estimate of drug-likeness (QED) is 0.446. The summed E-state index contributed by atoms with van der Waals surface area (Å²) in [7, 11) is 0. The van der Waals surface area contributed by atoms with E-state index in [-0.39, 0.29) is 11.6 Å². The van der Waals surface area contributed by atoms with E-state index in [9.17, 15) is 14.9 Å². The molecule has 1 aromatic rings. The Morgan fingerprint density at radius 3 is 2.68 bits per heavy atom. The zero-order chi connectivity index (χ0) is 14.3. The highest BCUT2D eigenvalue weighted by molar-refractivity contribution is 5.95. The third-order valence-corrected chi connectivity index (χ3v) is 2.60. The number of hydrogen-bond donors (Lipinski definition) is 2. The number of rotatable bonds is 7. The molecule has 0 atom stereocenters. The van der Waals surface area contributed by atoms with Gasteiger partial charge in [-0.2, -0.15) is 0 Å². The highest BCUT2D eigenvalue weighted by Crippen LogP contribution is 2.16. The number of nitrogens with one attached hydrogen (secondary N) is 2. The normalized spacial score (nSPS) is 10.2. The van der Waals surface area contributed by atoms with E-state index in [0.717, 1.165) is 19.5 Å². The minimum absolute atomic E-state index is 0.0576. The smallest absolute Gasteiger partial charge is 0.270 e. The van der Waals surface area contributed by atoms with Gasteiger partial charge < -0.3 is 10.6 Å². The second-order valence-electron chi connectivity index (χ2n) is 4.28. The van der Waals surface area contributed by atoms with Gasteiger partial charge in [0, 0.05) is 24.2 Å². The highest BCUT2D eigenvalue weighted by Gasteiger charge is 2.12. The van der Waals surface area contributed by atoms with Crippen molar-refractivity contribution in [3.8, 4) is 0 Å². The van der Waals surface area contributed by atoms with Crippen LogP contribution in [0.15, 0.2) is 18.2 Å². The fraction of sp³-hybridized carbons (Fsp3) is 0.462. The van der Waals surface area contributed by atoms with Crippen molar-refractivity contribution >= 4 is 11.6 Å². The van der Waals surface area contributed by atoms with Gasteiger partial charge in [0.05, 0.1) is 4.92 Å². The molecular formula is C13H19N3O3. The summed E-state index contributed by atoms with van der Waals surface area (Å²) in [5.41, 5.74) is 0.972. The number of hydrogen-bond acceptors (Lipinski definition) is 4. The molecule has 0 saturated carbocycles. The van der Waals surface area contributed by atoms with Crippen LogP contribution in [0.25, 0.3) is 0 Å². The molecule has 2 N–H and O–H groups in total. The summed E-state index contributed by atoms with van der Waals surface area (Å²) >= 11 is 0. The van der Waals surface area contributed by atoms with Crippen LogP contribution in [0.5, 0.6) is 0 Å². The van der Waals surface area contributed by atoms with Crippen LogP contribution >= 0.6 is 0 Å². The Labute approximate surface area is 112 Å². The molecule has 0 aliphatic carbocycles. The van der Waals surface area contributed by atoms with Gasteiger partial charge in [-0.05, 0) is 38.1 Å². The van der Waals surface area contributed by atoms with E-state index in [4.69, 9.17) is 0 Å². The number of nitro benzene ring substituents is 1. The summed E-state index contributed by atoms with van der Waals surface area (Å²) < 4.78 is 0. The molecule has 0 aliphatic heterocycles. The van der Waals surface area contributed by atoms with Gasteiger partial charge in [0.15, 0.2) is 0 Å². The second kappa shape index (κ2) is 7.48. The zero-order valence-corrected chi connectivity index (χ0v) is 11.2. The fourth-order valence-electron chi connectivity index (χ4n) is 1.69. The lowest BCUT2D eigenvalue weighted by atomic mass is 10.1. The van der Waals surface area contributed by atoms with E-state index in [0.29, 0.717) is 17.7 Å². The van der Waals surface area contributed by atoms with Crippen molar-refractivity contribution in [2.24, 2.45) is 0 Å². The molecular weight excluding hydrogens is 246 g/mol. The first-order valence-corrected chi connectivity index (χ1v) is 6.29. The van der Waals surface area contributed by atoms with Crippen molar-refractivity contribution in [3.63, 3.8) is 0 Å². The highest BCUT2D eigenvalue weighted by atomic mass is 16.6. The minimum atomic E-state index is -0.491. The van der Waals surface area contributed by atoms with Gasteiger partial charge in [0.2, 0.25) is 0 Å². The summed E-state index contributed by atoms with van der Waals surface area (Å²) in [5.74, 6) is -0.275. The van der Waals surface area contributed by atoms with Crippen molar-refractivity contribution in [2.75, 3.05) is 19.6 Å². The van der Waals surface area contributed by atoms with Crippen LogP contribution in [0, 0.1) is 17.0 Å². The Balaban J connectivity index is 2.59. The molecule has 6 heteroatoms. The average Bonchev–Trinajstić information content (AvgIpc) is 2.37. The van der Waals surface area contributed by atoms with Gasteiger partial charge in [-0.15, -0.1) is 0 Å². The number of amides is 1. The van der Waals surface area contributed by atoms with Crippen LogP contribution in [0.4, 0.5) is 5.69 Å². The van der Waals surface area contributed by atoms with Crippen LogP contribution in [-0.2, 0) is 0 Å². The maximum atomic E-state index is 11.9. The van der Waals surface area contributed by atoms with Gasteiger partial charge in [0.1, 0.15) is 0 Å². The Kier molecular flexibility index (Phi) is 5.95. The van der Waals surface area contributed by atoms with E-state index in [1.54, 1.807) is 13.0 Å². The van der Waals surface area contributed by atoms with Gasteiger partial charge >= 0.3 is 0 Å².